The average Bonchev–Trinajstić information content (AvgIpc) is 2.67. The van der Waals surface area contributed by atoms with E-state index in [0.29, 0.717) is 13.2 Å². The molecule has 2 heterocycles. The third kappa shape index (κ3) is 1.78. The van der Waals surface area contributed by atoms with Crippen molar-refractivity contribution in [3.63, 3.8) is 0 Å². The van der Waals surface area contributed by atoms with Crippen LogP contribution in [0.2, 0.25) is 0 Å². The van der Waals surface area contributed by atoms with Gasteiger partial charge in [0.2, 0.25) is 0 Å². The van der Waals surface area contributed by atoms with Crippen LogP contribution in [0.1, 0.15) is 27.2 Å². The van der Waals surface area contributed by atoms with Gasteiger partial charge in [-0.05, 0) is 25.8 Å². The second-order valence-electron chi connectivity index (χ2n) is 4.72. The number of hydrogen-bond donors (Lipinski definition) is 0. The van der Waals surface area contributed by atoms with E-state index in [9.17, 15) is 0 Å². The molecule has 6 nitrogen and oxygen atoms in total. The van der Waals surface area contributed by atoms with E-state index in [0.717, 1.165) is 6.42 Å². The summed E-state index contributed by atoms with van der Waals surface area (Å²) in [5.41, 5.74) is 7.95. The van der Waals surface area contributed by atoms with Gasteiger partial charge in [0.1, 0.15) is 11.7 Å². The number of ether oxygens (including phenoxy) is 3. The van der Waals surface area contributed by atoms with Crippen molar-refractivity contribution in [3.8, 4) is 0 Å². The van der Waals surface area contributed by atoms with Crippen LogP contribution < -0.4 is 0 Å². The van der Waals surface area contributed by atoms with Crippen LogP contribution in [0.15, 0.2) is 5.11 Å². The monoisotopic (exact) mass is 227 g/mol. The summed E-state index contributed by atoms with van der Waals surface area (Å²) in [6, 6.07) is 0. The molecule has 0 N–H and O–H groups in total. The number of fused-ring (bicyclic) bond motifs is 1. The Kier molecular flexibility index (Phi) is 2.84. The molecule has 2 saturated heterocycles. The van der Waals surface area contributed by atoms with Crippen molar-refractivity contribution in [2.45, 2.75) is 50.8 Å². The highest BCUT2D eigenvalue weighted by molar-refractivity contribution is 5.04. The Morgan fingerprint density at radius 3 is 2.88 bits per heavy atom. The van der Waals surface area contributed by atoms with E-state index in [1.54, 1.807) is 0 Å². The minimum absolute atomic E-state index is 0.141. The average molecular weight is 227 g/mol. The van der Waals surface area contributed by atoms with Crippen molar-refractivity contribution in [1.29, 1.82) is 0 Å². The highest BCUT2D eigenvalue weighted by Gasteiger charge is 2.59. The quantitative estimate of drug-likeness (QED) is 0.420. The van der Waals surface area contributed by atoms with Gasteiger partial charge in [0.05, 0.1) is 19.3 Å². The Morgan fingerprint density at radius 2 is 2.25 bits per heavy atom. The lowest BCUT2D eigenvalue weighted by Crippen LogP contribution is -2.41. The van der Waals surface area contributed by atoms with Gasteiger partial charge >= 0.3 is 0 Å². The lowest BCUT2D eigenvalue weighted by molar-refractivity contribution is -0.189. The summed E-state index contributed by atoms with van der Waals surface area (Å²) in [4.78, 5) is 2.75. The van der Waals surface area contributed by atoms with E-state index in [1.165, 1.54) is 0 Å². The molecule has 2 aliphatic heterocycles. The highest BCUT2D eigenvalue weighted by atomic mass is 16.8. The standard InChI is InChI=1S/C10H17N3O3/c1-4-10-6-14-7(5-12-13-11)8(10)15-9(2,3)16-10/h7-8H,4-6H2,1-3H3/t7-,8-,10+/m1/s1. The lowest BCUT2D eigenvalue weighted by atomic mass is 9.94. The first-order valence-corrected chi connectivity index (χ1v) is 5.53. The van der Waals surface area contributed by atoms with Gasteiger partial charge in [0.15, 0.2) is 5.79 Å². The Labute approximate surface area is 94.5 Å². The molecule has 0 unspecified atom stereocenters. The van der Waals surface area contributed by atoms with Crippen LogP contribution in [-0.2, 0) is 14.2 Å². The Bertz CT molecular complexity index is 327. The fourth-order valence-electron chi connectivity index (χ4n) is 2.49. The molecule has 16 heavy (non-hydrogen) atoms. The van der Waals surface area contributed by atoms with Crippen LogP contribution >= 0.6 is 0 Å². The van der Waals surface area contributed by atoms with Crippen molar-refractivity contribution in [1.82, 2.24) is 0 Å². The molecule has 0 spiro atoms. The molecular weight excluding hydrogens is 210 g/mol. The second-order valence-corrected chi connectivity index (χ2v) is 4.72. The maximum absolute atomic E-state index is 8.32. The normalized spacial score (nSPS) is 40.4. The van der Waals surface area contributed by atoms with Gasteiger partial charge in [-0.3, -0.25) is 0 Å². The van der Waals surface area contributed by atoms with Crippen molar-refractivity contribution in [2.75, 3.05) is 13.2 Å². The summed E-state index contributed by atoms with van der Waals surface area (Å²) >= 11 is 0. The van der Waals surface area contributed by atoms with Gasteiger partial charge in [0.25, 0.3) is 0 Å². The predicted octanol–water partition coefficient (Wildman–Crippen LogP) is 2.00. The van der Waals surface area contributed by atoms with Gasteiger partial charge in [0, 0.05) is 4.91 Å². The molecule has 90 valence electrons. The summed E-state index contributed by atoms with van der Waals surface area (Å²) in [6.45, 7) is 6.64. The third-order valence-electron chi connectivity index (χ3n) is 3.18. The molecule has 0 aromatic rings. The van der Waals surface area contributed by atoms with Crippen molar-refractivity contribution in [2.24, 2.45) is 5.11 Å². The lowest BCUT2D eigenvalue weighted by Gasteiger charge is -2.25. The van der Waals surface area contributed by atoms with Crippen LogP contribution in [0.3, 0.4) is 0 Å². The zero-order chi connectivity index (χ0) is 11.8. The molecule has 6 heteroatoms. The topological polar surface area (TPSA) is 76.5 Å². The minimum Gasteiger partial charge on any atom is -0.372 e. The van der Waals surface area contributed by atoms with E-state index in [1.807, 2.05) is 13.8 Å². The van der Waals surface area contributed by atoms with Crippen molar-refractivity contribution < 1.29 is 14.2 Å². The number of azide groups is 1. The number of nitrogens with zero attached hydrogens (tertiary/aromatic N) is 3. The molecule has 0 radical (unpaired) electrons. The van der Waals surface area contributed by atoms with E-state index in [4.69, 9.17) is 19.7 Å². The molecule has 2 aliphatic rings. The summed E-state index contributed by atoms with van der Waals surface area (Å²) < 4.78 is 17.4. The number of rotatable bonds is 3. The fraction of sp³-hybridized carbons (Fsp3) is 1.00. The van der Waals surface area contributed by atoms with Crippen LogP contribution in [0.5, 0.6) is 0 Å². The minimum atomic E-state index is -0.584. The fourth-order valence-corrected chi connectivity index (χ4v) is 2.49. The summed E-state index contributed by atoms with van der Waals surface area (Å²) in [6.07, 6.45) is 0.490. The third-order valence-corrected chi connectivity index (χ3v) is 3.18. The zero-order valence-corrected chi connectivity index (χ0v) is 9.84. The van der Waals surface area contributed by atoms with E-state index >= 15 is 0 Å². The van der Waals surface area contributed by atoms with Gasteiger partial charge in [-0.1, -0.05) is 12.0 Å². The predicted molar refractivity (Wildman–Crippen MR) is 56.8 cm³/mol. The highest BCUT2D eigenvalue weighted by Crippen LogP contribution is 2.45. The molecule has 0 amide bonds. The molecule has 2 rings (SSSR count). The molecule has 3 atom stereocenters. The maximum atomic E-state index is 8.32. The smallest absolute Gasteiger partial charge is 0.164 e. The van der Waals surface area contributed by atoms with Gasteiger partial charge in [-0.2, -0.15) is 0 Å². The zero-order valence-electron chi connectivity index (χ0n) is 9.84. The first-order chi connectivity index (χ1) is 7.53. The summed E-state index contributed by atoms with van der Waals surface area (Å²) in [7, 11) is 0. The SMILES string of the molecule is CC[C@]12CO[C@H](CN=[N+]=[N-])[C@H]1OC(C)(C)O2. The van der Waals surface area contributed by atoms with Crippen LogP contribution in [0.4, 0.5) is 0 Å². The Hall–Kier alpha value is -0.810. The first-order valence-electron chi connectivity index (χ1n) is 5.53. The van der Waals surface area contributed by atoms with Crippen LogP contribution in [0, 0.1) is 0 Å². The van der Waals surface area contributed by atoms with Crippen LogP contribution in [-0.4, -0.2) is 36.7 Å². The van der Waals surface area contributed by atoms with Crippen molar-refractivity contribution >= 4 is 0 Å². The maximum Gasteiger partial charge on any atom is 0.164 e. The molecule has 0 saturated carbocycles. The molecular formula is C10H17N3O3. The molecule has 0 bridgehead atoms. The largest absolute Gasteiger partial charge is 0.372 e. The van der Waals surface area contributed by atoms with Gasteiger partial charge in [-0.15, -0.1) is 0 Å². The summed E-state index contributed by atoms with van der Waals surface area (Å²) in [5.74, 6) is -0.584. The Morgan fingerprint density at radius 1 is 1.50 bits per heavy atom. The second kappa shape index (κ2) is 3.89. The van der Waals surface area contributed by atoms with E-state index < -0.39 is 5.79 Å². The first kappa shape index (κ1) is 11.7. The van der Waals surface area contributed by atoms with E-state index in [2.05, 4.69) is 16.9 Å². The molecule has 2 fully saturated rings. The Balaban J connectivity index is 2.16. The van der Waals surface area contributed by atoms with Crippen LogP contribution in [0.25, 0.3) is 10.4 Å². The van der Waals surface area contributed by atoms with Gasteiger partial charge < -0.3 is 14.2 Å². The van der Waals surface area contributed by atoms with E-state index in [-0.39, 0.29) is 17.8 Å². The van der Waals surface area contributed by atoms with Gasteiger partial charge in [-0.25, -0.2) is 0 Å². The van der Waals surface area contributed by atoms with Crippen molar-refractivity contribution in [3.05, 3.63) is 10.4 Å². The summed E-state index contributed by atoms with van der Waals surface area (Å²) in [5, 5.41) is 3.55. The molecule has 0 aromatic heterocycles. The molecule has 0 aliphatic carbocycles. The number of hydrogen-bond acceptors (Lipinski definition) is 4. The molecule has 0 aromatic carbocycles.